The van der Waals surface area contributed by atoms with Gasteiger partial charge < -0.3 is 14.4 Å². The Morgan fingerprint density at radius 1 is 1.28 bits per heavy atom. The summed E-state index contributed by atoms with van der Waals surface area (Å²) in [6, 6.07) is 8.45. The molecule has 3 aromatic rings. The Morgan fingerprint density at radius 3 is 2.90 bits per heavy atom. The highest BCUT2D eigenvalue weighted by Gasteiger charge is 2.51. The van der Waals surface area contributed by atoms with Crippen molar-refractivity contribution < 1.29 is 4.79 Å². The zero-order chi connectivity index (χ0) is 20.2. The molecule has 0 saturated carbocycles. The molecule has 1 saturated heterocycles. The van der Waals surface area contributed by atoms with Crippen molar-refractivity contribution in [2.45, 2.75) is 32.7 Å². The molecule has 150 valence electrons. The molecule has 0 bridgehead atoms. The number of thiazole rings is 1. The van der Waals surface area contributed by atoms with Crippen molar-refractivity contribution >= 4 is 22.9 Å². The maximum atomic E-state index is 13.2. The molecule has 0 aliphatic carbocycles. The standard InChI is InChI=1S/C22H25N5OS/c1-15(2)12-27-17-6-4-9-23-20(17)26-10-5-7-18(26)22(27)8-11-25(13-22)21(28)19-16(3)24-14-29-19/h4-7,9-10,14-15H,8,11-13H2,1-3H3. The molecular weight excluding hydrogens is 382 g/mol. The lowest BCUT2D eigenvalue weighted by molar-refractivity contribution is 0.0785. The minimum absolute atomic E-state index is 0.0986. The number of hydrogen-bond acceptors (Lipinski definition) is 5. The lowest BCUT2D eigenvalue weighted by atomic mass is 9.88. The van der Waals surface area contributed by atoms with Crippen molar-refractivity contribution in [3.05, 3.63) is 58.4 Å². The van der Waals surface area contributed by atoms with Gasteiger partial charge in [0.25, 0.3) is 5.91 Å². The Kier molecular flexibility index (Phi) is 4.24. The van der Waals surface area contributed by atoms with Gasteiger partial charge in [-0.25, -0.2) is 9.97 Å². The van der Waals surface area contributed by atoms with E-state index < -0.39 is 0 Å². The molecule has 6 nitrogen and oxygen atoms in total. The number of nitrogens with zero attached hydrogens (tertiary/aromatic N) is 5. The number of aromatic nitrogens is 3. The number of pyridine rings is 1. The molecule has 2 aliphatic rings. The first-order chi connectivity index (χ1) is 14.0. The second-order valence-electron chi connectivity index (χ2n) is 8.39. The molecule has 1 fully saturated rings. The van der Waals surface area contributed by atoms with E-state index in [0.717, 1.165) is 41.6 Å². The van der Waals surface area contributed by atoms with Crippen molar-refractivity contribution in [2.75, 3.05) is 24.5 Å². The van der Waals surface area contributed by atoms with Gasteiger partial charge in [-0.1, -0.05) is 13.8 Å². The number of anilines is 1. The first-order valence-corrected chi connectivity index (χ1v) is 11.0. The zero-order valence-electron chi connectivity index (χ0n) is 17.0. The Morgan fingerprint density at radius 2 is 2.14 bits per heavy atom. The highest BCUT2D eigenvalue weighted by molar-refractivity contribution is 7.11. The number of carbonyl (C=O) groups is 1. The molecule has 29 heavy (non-hydrogen) atoms. The molecule has 7 heteroatoms. The summed E-state index contributed by atoms with van der Waals surface area (Å²) >= 11 is 1.44. The maximum absolute atomic E-state index is 13.2. The number of fused-ring (bicyclic) bond motifs is 4. The molecular formula is C22H25N5OS. The van der Waals surface area contributed by atoms with Crippen molar-refractivity contribution in [1.29, 1.82) is 0 Å². The van der Waals surface area contributed by atoms with Crippen molar-refractivity contribution in [2.24, 2.45) is 5.92 Å². The summed E-state index contributed by atoms with van der Waals surface area (Å²) in [7, 11) is 0. The van der Waals surface area contributed by atoms with Gasteiger partial charge in [0.05, 0.1) is 22.6 Å². The van der Waals surface area contributed by atoms with Crippen LogP contribution in [0.4, 0.5) is 5.69 Å². The second kappa shape index (κ2) is 6.69. The molecule has 1 unspecified atom stereocenters. The smallest absolute Gasteiger partial charge is 0.265 e. The van der Waals surface area contributed by atoms with E-state index in [1.54, 1.807) is 5.51 Å². The van der Waals surface area contributed by atoms with E-state index in [4.69, 9.17) is 0 Å². The largest absolute Gasteiger partial charge is 0.355 e. The van der Waals surface area contributed by atoms with Gasteiger partial charge in [-0.15, -0.1) is 11.3 Å². The molecule has 3 aromatic heterocycles. The van der Waals surface area contributed by atoms with Crippen LogP contribution in [0, 0.1) is 12.8 Å². The zero-order valence-corrected chi connectivity index (χ0v) is 17.8. The van der Waals surface area contributed by atoms with E-state index in [9.17, 15) is 4.79 Å². The van der Waals surface area contributed by atoms with Crippen molar-refractivity contribution in [3.8, 4) is 5.82 Å². The van der Waals surface area contributed by atoms with E-state index >= 15 is 0 Å². The van der Waals surface area contributed by atoms with Gasteiger partial charge in [-0.3, -0.25) is 4.79 Å². The van der Waals surface area contributed by atoms with Crippen LogP contribution in [0.2, 0.25) is 0 Å². The van der Waals surface area contributed by atoms with Crippen LogP contribution >= 0.6 is 11.3 Å². The summed E-state index contributed by atoms with van der Waals surface area (Å²) in [6.07, 6.45) is 4.85. The van der Waals surface area contributed by atoms with Crippen LogP contribution in [-0.2, 0) is 5.54 Å². The van der Waals surface area contributed by atoms with Crippen LogP contribution in [0.3, 0.4) is 0 Å². The highest BCUT2D eigenvalue weighted by Crippen LogP contribution is 2.47. The molecule has 0 N–H and O–H groups in total. The molecule has 0 aromatic carbocycles. The predicted octanol–water partition coefficient (Wildman–Crippen LogP) is 3.85. The summed E-state index contributed by atoms with van der Waals surface area (Å²) in [4.78, 5) is 27.5. The van der Waals surface area contributed by atoms with E-state index in [0.29, 0.717) is 12.5 Å². The number of rotatable bonds is 3. The molecule has 1 atom stereocenters. The van der Waals surface area contributed by atoms with Gasteiger partial charge >= 0.3 is 0 Å². The highest BCUT2D eigenvalue weighted by atomic mass is 32.1. The monoisotopic (exact) mass is 407 g/mol. The fraction of sp³-hybridized carbons (Fsp3) is 0.409. The Hall–Kier alpha value is -2.67. The minimum Gasteiger partial charge on any atom is -0.355 e. The Balaban J connectivity index is 1.60. The third-order valence-electron chi connectivity index (χ3n) is 6.05. The maximum Gasteiger partial charge on any atom is 0.265 e. The van der Waals surface area contributed by atoms with E-state index in [-0.39, 0.29) is 11.4 Å². The fourth-order valence-electron chi connectivity index (χ4n) is 4.78. The first kappa shape index (κ1) is 18.4. The summed E-state index contributed by atoms with van der Waals surface area (Å²) in [5.41, 5.74) is 4.71. The van der Waals surface area contributed by atoms with Gasteiger partial charge in [0.2, 0.25) is 0 Å². The quantitative estimate of drug-likeness (QED) is 0.662. The molecule has 1 spiro atoms. The van der Waals surface area contributed by atoms with Crippen molar-refractivity contribution in [1.82, 2.24) is 19.4 Å². The number of likely N-dealkylation sites (tertiary alicyclic amines) is 1. The van der Waals surface area contributed by atoms with E-state index in [1.165, 1.54) is 17.0 Å². The molecule has 1 amide bonds. The summed E-state index contributed by atoms with van der Waals surface area (Å²) in [5, 5.41) is 0. The van der Waals surface area contributed by atoms with E-state index in [2.05, 4.69) is 57.7 Å². The first-order valence-electron chi connectivity index (χ1n) is 10.1. The van der Waals surface area contributed by atoms with Gasteiger partial charge in [-0.2, -0.15) is 0 Å². The minimum atomic E-state index is -0.238. The third-order valence-corrected chi connectivity index (χ3v) is 6.97. The summed E-state index contributed by atoms with van der Waals surface area (Å²) in [6.45, 7) is 8.74. The SMILES string of the molecule is Cc1ncsc1C(=O)N1CCC2(C1)c1cccn1-c1ncccc1N2CC(C)C. The van der Waals surface area contributed by atoms with Crippen LogP contribution in [0.25, 0.3) is 5.82 Å². The third kappa shape index (κ3) is 2.71. The summed E-state index contributed by atoms with van der Waals surface area (Å²) in [5.74, 6) is 1.57. The number of aryl methyl sites for hydroxylation is 1. The average Bonchev–Trinajstić information content (AvgIpc) is 3.44. The van der Waals surface area contributed by atoms with Gasteiger partial charge in [0, 0.05) is 32.0 Å². The lowest BCUT2D eigenvalue weighted by Crippen LogP contribution is -2.54. The van der Waals surface area contributed by atoms with Crippen molar-refractivity contribution in [3.63, 3.8) is 0 Å². The van der Waals surface area contributed by atoms with Crippen LogP contribution in [0.1, 0.15) is 41.3 Å². The van der Waals surface area contributed by atoms with Crippen LogP contribution in [-0.4, -0.2) is 45.0 Å². The summed E-state index contributed by atoms with van der Waals surface area (Å²) < 4.78 is 2.21. The lowest BCUT2D eigenvalue weighted by Gasteiger charge is -2.47. The fourth-order valence-corrected chi connectivity index (χ4v) is 5.55. The second-order valence-corrected chi connectivity index (χ2v) is 9.24. The topological polar surface area (TPSA) is 54.3 Å². The van der Waals surface area contributed by atoms with Gasteiger partial charge in [0.1, 0.15) is 10.4 Å². The number of carbonyl (C=O) groups excluding carboxylic acids is 1. The van der Waals surface area contributed by atoms with Gasteiger partial charge in [0.15, 0.2) is 5.82 Å². The molecule has 0 radical (unpaired) electrons. The molecule has 5 heterocycles. The Bertz CT molecular complexity index is 1070. The molecule has 5 rings (SSSR count). The number of amides is 1. The van der Waals surface area contributed by atoms with Crippen LogP contribution in [0.15, 0.2) is 42.2 Å². The normalized spacial score (nSPS) is 20.4. The van der Waals surface area contributed by atoms with Crippen LogP contribution < -0.4 is 4.90 Å². The van der Waals surface area contributed by atoms with E-state index in [1.807, 2.05) is 24.1 Å². The molecule has 2 aliphatic heterocycles. The van der Waals surface area contributed by atoms with Crippen LogP contribution in [0.5, 0.6) is 0 Å². The van der Waals surface area contributed by atoms with Gasteiger partial charge in [-0.05, 0) is 43.5 Å². The number of hydrogen-bond donors (Lipinski definition) is 0. The Labute approximate surface area is 174 Å². The average molecular weight is 408 g/mol. The predicted molar refractivity (Wildman–Crippen MR) is 115 cm³/mol.